The maximum Gasteiger partial charge on any atom is 0.225 e. The maximum absolute atomic E-state index is 13.3. The van der Waals surface area contributed by atoms with Gasteiger partial charge in [-0.1, -0.05) is 12.1 Å². The van der Waals surface area contributed by atoms with Gasteiger partial charge in [-0.15, -0.1) is 0 Å². The minimum absolute atomic E-state index is 0.0801. The second-order valence-corrected chi connectivity index (χ2v) is 7.21. The van der Waals surface area contributed by atoms with Crippen LogP contribution in [-0.4, -0.2) is 33.9 Å². The first-order valence-corrected chi connectivity index (χ1v) is 9.17. The lowest BCUT2D eigenvalue weighted by Gasteiger charge is -2.28. The Morgan fingerprint density at radius 3 is 2.65 bits per heavy atom. The van der Waals surface area contributed by atoms with Crippen molar-refractivity contribution in [1.29, 1.82) is 0 Å². The van der Waals surface area contributed by atoms with Crippen LogP contribution in [0.5, 0.6) is 0 Å². The number of halogens is 1. The predicted molar refractivity (Wildman–Crippen MR) is 97.3 cm³/mol. The average molecular weight is 354 g/mol. The highest BCUT2D eigenvalue weighted by molar-refractivity contribution is 5.81. The van der Waals surface area contributed by atoms with E-state index in [0.29, 0.717) is 6.42 Å². The highest BCUT2D eigenvalue weighted by Crippen LogP contribution is 2.35. The molecule has 1 fully saturated rings. The van der Waals surface area contributed by atoms with Crippen LogP contribution in [0.4, 0.5) is 10.2 Å². The minimum atomic E-state index is -0.272. The molecule has 1 saturated heterocycles. The quantitative estimate of drug-likeness (QED) is 0.920. The summed E-state index contributed by atoms with van der Waals surface area (Å²) in [7, 11) is 1.80. The molecule has 1 aliphatic carbocycles. The van der Waals surface area contributed by atoms with Crippen LogP contribution in [0.15, 0.2) is 24.3 Å². The molecule has 0 spiro atoms. The molecule has 0 saturated carbocycles. The molecule has 5 nitrogen and oxygen atoms in total. The summed E-state index contributed by atoms with van der Waals surface area (Å²) in [6.45, 7) is 1.91. The van der Waals surface area contributed by atoms with Gasteiger partial charge in [-0.3, -0.25) is 4.79 Å². The molecule has 2 aromatic rings. The summed E-state index contributed by atoms with van der Waals surface area (Å²) in [5.41, 5.74) is 3.24. The second-order valence-electron chi connectivity index (χ2n) is 7.21. The van der Waals surface area contributed by atoms with Crippen molar-refractivity contribution in [3.63, 3.8) is 0 Å². The van der Waals surface area contributed by atoms with Gasteiger partial charge in [0, 0.05) is 24.7 Å². The molecular weight excluding hydrogens is 331 g/mol. The van der Waals surface area contributed by atoms with Gasteiger partial charge >= 0.3 is 0 Å². The van der Waals surface area contributed by atoms with Gasteiger partial charge in [0.2, 0.25) is 5.91 Å². The second kappa shape index (κ2) is 6.67. The number of likely N-dealkylation sites (N-methyl/N-ethyl adjacent to an activating group) is 1. The minimum Gasteiger partial charge on any atom is -0.364 e. The van der Waals surface area contributed by atoms with Gasteiger partial charge in [0.05, 0.1) is 12.1 Å². The lowest BCUT2D eigenvalue weighted by atomic mass is 9.95. The third-order valence-corrected chi connectivity index (χ3v) is 5.41. The standard InChI is InChI=1S/C20H23FN4O/c1-12-22-16-6-4-3-5-15(16)20(23-12)24-17-11-18(26)25(2)19(17)13-7-9-14(21)10-8-13/h7-10,17,19H,3-6,11H2,1-2H3,(H,22,23,24). The zero-order chi connectivity index (χ0) is 18.3. The fourth-order valence-electron chi connectivity index (χ4n) is 4.13. The molecule has 1 N–H and O–H groups in total. The number of hydrogen-bond donors (Lipinski definition) is 1. The Morgan fingerprint density at radius 2 is 1.88 bits per heavy atom. The smallest absolute Gasteiger partial charge is 0.225 e. The number of rotatable bonds is 3. The Kier molecular flexibility index (Phi) is 4.34. The summed E-state index contributed by atoms with van der Waals surface area (Å²) < 4.78 is 13.3. The maximum atomic E-state index is 13.3. The topological polar surface area (TPSA) is 58.1 Å². The van der Waals surface area contributed by atoms with E-state index in [9.17, 15) is 9.18 Å². The van der Waals surface area contributed by atoms with Crippen LogP contribution in [-0.2, 0) is 17.6 Å². The fourth-order valence-corrected chi connectivity index (χ4v) is 4.13. The SMILES string of the molecule is Cc1nc2c(c(NC3CC(=O)N(C)C3c3ccc(F)cc3)n1)CCCC2. The fraction of sp³-hybridized carbons (Fsp3) is 0.450. The number of anilines is 1. The molecule has 2 atom stereocenters. The van der Waals surface area contributed by atoms with Crippen LogP contribution < -0.4 is 5.32 Å². The monoisotopic (exact) mass is 354 g/mol. The van der Waals surface area contributed by atoms with E-state index >= 15 is 0 Å². The number of nitrogens with zero attached hydrogens (tertiary/aromatic N) is 3. The Morgan fingerprint density at radius 1 is 1.15 bits per heavy atom. The Labute approximate surface area is 152 Å². The summed E-state index contributed by atoms with van der Waals surface area (Å²) in [5.74, 6) is 1.42. The van der Waals surface area contributed by atoms with Crippen molar-refractivity contribution in [2.24, 2.45) is 0 Å². The van der Waals surface area contributed by atoms with Gasteiger partial charge in [-0.05, 0) is 50.3 Å². The molecule has 1 amide bonds. The van der Waals surface area contributed by atoms with Crippen LogP contribution >= 0.6 is 0 Å². The van der Waals surface area contributed by atoms with E-state index in [1.165, 1.54) is 17.7 Å². The number of carbonyl (C=O) groups excluding carboxylic acids is 1. The normalized spacial score (nSPS) is 22.4. The summed E-state index contributed by atoms with van der Waals surface area (Å²) in [6.07, 6.45) is 4.65. The molecule has 1 aromatic carbocycles. The number of aromatic nitrogens is 2. The van der Waals surface area contributed by atoms with Crippen LogP contribution in [0, 0.1) is 12.7 Å². The molecule has 4 rings (SSSR count). The third kappa shape index (κ3) is 3.04. The largest absolute Gasteiger partial charge is 0.364 e. The highest BCUT2D eigenvalue weighted by Gasteiger charge is 2.39. The van der Waals surface area contributed by atoms with Crippen molar-refractivity contribution >= 4 is 11.7 Å². The molecule has 6 heteroatoms. The number of nitrogens with one attached hydrogen (secondary N) is 1. The summed E-state index contributed by atoms with van der Waals surface area (Å²) in [6, 6.07) is 6.16. The first-order valence-electron chi connectivity index (χ1n) is 9.17. The number of amides is 1. The molecule has 2 heterocycles. The van der Waals surface area contributed by atoms with Crippen molar-refractivity contribution < 1.29 is 9.18 Å². The Bertz CT molecular complexity index is 836. The van der Waals surface area contributed by atoms with Crippen molar-refractivity contribution in [3.8, 4) is 0 Å². The lowest BCUT2D eigenvalue weighted by Crippen LogP contribution is -2.31. The average Bonchev–Trinajstić information content (AvgIpc) is 2.89. The van der Waals surface area contributed by atoms with E-state index in [-0.39, 0.29) is 23.8 Å². The molecule has 1 aromatic heterocycles. The summed E-state index contributed by atoms with van der Waals surface area (Å²) in [5, 5.41) is 3.53. The number of likely N-dealkylation sites (tertiary alicyclic amines) is 1. The molecule has 0 radical (unpaired) electrons. The van der Waals surface area contributed by atoms with Crippen molar-refractivity contribution in [2.75, 3.05) is 12.4 Å². The van der Waals surface area contributed by atoms with Crippen molar-refractivity contribution in [1.82, 2.24) is 14.9 Å². The number of carbonyl (C=O) groups is 1. The van der Waals surface area contributed by atoms with Crippen LogP contribution in [0.3, 0.4) is 0 Å². The summed E-state index contributed by atoms with van der Waals surface area (Å²) in [4.78, 5) is 23.3. The molecule has 2 unspecified atom stereocenters. The first kappa shape index (κ1) is 16.9. The van der Waals surface area contributed by atoms with Crippen molar-refractivity contribution in [3.05, 3.63) is 52.7 Å². The van der Waals surface area contributed by atoms with E-state index in [0.717, 1.165) is 48.6 Å². The van der Waals surface area contributed by atoms with Crippen molar-refractivity contribution in [2.45, 2.75) is 51.1 Å². The molecule has 2 aliphatic rings. The van der Waals surface area contributed by atoms with E-state index in [1.54, 1.807) is 24.1 Å². The number of aryl methyl sites for hydroxylation is 2. The van der Waals surface area contributed by atoms with Gasteiger partial charge in [0.15, 0.2) is 0 Å². The zero-order valence-corrected chi connectivity index (χ0v) is 15.1. The number of hydrogen-bond acceptors (Lipinski definition) is 4. The number of fused-ring (bicyclic) bond motifs is 1. The molecule has 26 heavy (non-hydrogen) atoms. The number of benzene rings is 1. The van der Waals surface area contributed by atoms with E-state index in [4.69, 9.17) is 0 Å². The molecule has 0 bridgehead atoms. The molecular formula is C20H23FN4O. The van der Waals surface area contributed by atoms with Crippen LogP contribution in [0.1, 0.15) is 47.9 Å². The first-order chi connectivity index (χ1) is 12.5. The van der Waals surface area contributed by atoms with E-state index in [1.807, 2.05) is 6.92 Å². The van der Waals surface area contributed by atoms with E-state index in [2.05, 4.69) is 15.3 Å². The third-order valence-electron chi connectivity index (χ3n) is 5.41. The molecule has 1 aliphatic heterocycles. The molecule has 136 valence electrons. The van der Waals surface area contributed by atoms with E-state index < -0.39 is 0 Å². The van der Waals surface area contributed by atoms with Gasteiger partial charge in [-0.2, -0.15) is 0 Å². The van der Waals surface area contributed by atoms with Crippen LogP contribution in [0.2, 0.25) is 0 Å². The van der Waals surface area contributed by atoms with Gasteiger partial charge in [-0.25, -0.2) is 14.4 Å². The predicted octanol–water partition coefficient (Wildman–Crippen LogP) is 3.19. The highest BCUT2D eigenvalue weighted by atomic mass is 19.1. The van der Waals surface area contributed by atoms with Gasteiger partial charge < -0.3 is 10.2 Å². The Balaban J connectivity index is 1.67. The van der Waals surface area contributed by atoms with Crippen LogP contribution in [0.25, 0.3) is 0 Å². The zero-order valence-electron chi connectivity index (χ0n) is 15.1. The van der Waals surface area contributed by atoms with Gasteiger partial charge in [0.1, 0.15) is 17.5 Å². The van der Waals surface area contributed by atoms with Gasteiger partial charge in [0.25, 0.3) is 0 Å². The summed E-state index contributed by atoms with van der Waals surface area (Å²) >= 11 is 0. The Hall–Kier alpha value is -2.50. The lowest BCUT2D eigenvalue weighted by molar-refractivity contribution is -0.127.